The summed E-state index contributed by atoms with van der Waals surface area (Å²) in [4.78, 5) is 15.9. The maximum atomic E-state index is 11.8. The van der Waals surface area contributed by atoms with Gasteiger partial charge in [-0.05, 0) is 32.3 Å². The summed E-state index contributed by atoms with van der Waals surface area (Å²) in [7, 11) is 0. The summed E-state index contributed by atoms with van der Waals surface area (Å²) in [5, 5.41) is 12.1. The number of rotatable bonds is 7. The summed E-state index contributed by atoms with van der Waals surface area (Å²) >= 11 is 0. The van der Waals surface area contributed by atoms with Crippen molar-refractivity contribution in [3.63, 3.8) is 0 Å². The molecule has 1 aromatic rings. The summed E-state index contributed by atoms with van der Waals surface area (Å²) < 4.78 is 5.21. The Morgan fingerprint density at radius 3 is 2.74 bits per heavy atom. The van der Waals surface area contributed by atoms with Crippen molar-refractivity contribution < 1.29 is 14.6 Å². The monoisotopic (exact) mass is 266 g/mol. The number of aromatic nitrogens is 1. The first-order valence-corrected chi connectivity index (χ1v) is 6.58. The zero-order valence-electron chi connectivity index (χ0n) is 11.7. The molecular formula is C14H22N2O3. The van der Waals surface area contributed by atoms with E-state index >= 15 is 0 Å². The van der Waals surface area contributed by atoms with Crippen LogP contribution in [0.1, 0.15) is 37.6 Å². The van der Waals surface area contributed by atoms with Gasteiger partial charge in [0, 0.05) is 18.8 Å². The fourth-order valence-corrected chi connectivity index (χ4v) is 1.78. The van der Waals surface area contributed by atoms with Crippen LogP contribution in [0.5, 0.6) is 5.88 Å². The Kier molecular flexibility index (Phi) is 6.29. The maximum absolute atomic E-state index is 11.8. The van der Waals surface area contributed by atoms with Crippen molar-refractivity contribution in [2.45, 2.75) is 33.3 Å². The van der Waals surface area contributed by atoms with Crippen LogP contribution < -0.4 is 10.1 Å². The van der Waals surface area contributed by atoms with E-state index in [1.807, 2.05) is 13.8 Å². The van der Waals surface area contributed by atoms with Gasteiger partial charge in [0.1, 0.15) is 0 Å². The Labute approximate surface area is 114 Å². The number of ether oxygens (including phenoxy) is 1. The molecule has 0 saturated heterocycles. The third-order valence-electron chi connectivity index (χ3n) is 2.65. The first kappa shape index (κ1) is 15.4. The zero-order valence-corrected chi connectivity index (χ0v) is 11.7. The molecule has 1 heterocycles. The largest absolute Gasteiger partial charge is 0.478 e. The highest BCUT2D eigenvalue weighted by Gasteiger charge is 2.10. The summed E-state index contributed by atoms with van der Waals surface area (Å²) in [6, 6.07) is 3.37. The number of nitrogens with zero attached hydrogens (tertiary/aromatic N) is 1. The molecule has 2 unspecified atom stereocenters. The number of carbonyl (C=O) groups is 1. The summed E-state index contributed by atoms with van der Waals surface area (Å²) in [5.74, 6) is 0.592. The summed E-state index contributed by atoms with van der Waals surface area (Å²) in [5.41, 5.74) is 0.507. The topological polar surface area (TPSA) is 71.5 Å². The van der Waals surface area contributed by atoms with Gasteiger partial charge in [-0.25, -0.2) is 4.98 Å². The van der Waals surface area contributed by atoms with Crippen molar-refractivity contribution >= 4 is 5.91 Å². The molecule has 0 saturated carbocycles. The molecule has 0 aromatic carbocycles. The van der Waals surface area contributed by atoms with E-state index < -0.39 is 0 Å². The highest BCUT2D eigenvalue weighted by molar-refractivity contribution is 5.93. The van der Waals surface area contributed by atoms with Crippen LogP contribution in [0, 0.1) is 5.92 Å². The van der Waals surface area contributed by atoms with Crippen LogP contribution in [0.15, 0.2) is 18.3 Å². The predicted octanol–water partition coefficient (Wildman–Crippen LogP) is 1.62. The van der Waals surface area contributed by atoms with Crippen LogP contribution in [-0.2, 0) is 0 Å². The second-order valence-corrected chi connectivity index (χ2v) is 4.72. The average Bonchev–Trinajstić information content (AvgIpc) is 2.36. The molecule has 2 N–H and O–H groups in total. The number of hydrogen-bond donors (Lipinski definition) is 2. The molecule has 0 aliphatic carbocycles. The average molecular weight is 266 g/mol. The van der Waals surface area contributed by atoms with Crippen LogP contribution in [0.3, 0.4) is 0 Å². The van der Waals surface area contributed by atoms with Crippen molar-refractivity contribution in [1.29, 1.82) is 0 Å². The minimum Gasteiger partial charge on any atom is -0.478 e. The van der Waals surface area contributed by atoms with Crippen molar-refractivity contribution in [2.75, 3.05) is 13.2 Å². The Bertz CT molecular complexity index is 390. The second-order valence-electron chi connectivity index (χ2n) is 4.72. The van der Waals surface area contributed by atoms with Crippen LogP contribution in [0.2, 0.25) is 0 Å². The molecule has 0 aliphatic rings. The van der Waals surface area contributed by atoms with Crippen LogP contribution >= 0.6 is 0 Å². The summed E-state index contributed by atoms with van der Waals surface area (Å²) in [6.45, 7) is 6.70. The number of nitrogens with one attached hydrogen (secondary N) is 1. The molecule has 0 radical (unpaired) electrons. The minimum absolute atomic E-state index is 0.159. The van der Waals surface area contributed by atoms with Crippen molar-refractivity contribution in [1.82, 2.24) is 10.3 Å². The van der Waals surface area contributed by atoms with E-state index in [4.69, 9.17) is 4.74 Å². The number of aliphatic hydroxyl groups is 1. The molecule has 2 atom stereocenters. The van der Waals surface area contributed by atoms with E-state index in [-0.39, 0.29) is 17.9 Å². The minimum atomic E-state index is -0.348. The quantitative estimate of drug-likeness (QED) is 0.786. The van der Waals surface area contributed by atoms with Gasteiger partial charge in [-0.1, -0.05) is 6.92 Å². The normalized spacial score (nSPS) is 13.7. The van der Waals surface area contributed by atoms with Crippen LogP contribution in [0.4, 0.5) is 0 Å². The van der Waals surface area contributed by atoms with Crippen molar-refractivity contribution in [3.05, 3.63) is 23.9 Å². The standard InChI is InChI=1S/C14H22N2O3/c1-4-19-13-6-5-12(9-15-13)14(18)16-8-10(2)7-11(3)17/h5-6,9-11,17H,4,7-8H2,1-3H3,(H,16,18). The lowest BCUT2D eigenvalue weighted by molar-refractivity contribution is 0.0939. The van der Waals surface area contributed by atoms with E-state index in [2.05, 4.69) is 10.3 Å². The predicted molar refractivity (Wildman–Crippen MR) is 73.2 cm³/mol. The first-order valence-electron chi connectivity index (χ1n) is 6.58. The molecule has 0 bridgehead atoms. The molecule has 1 rings (SSSR count). The Morgan fingerprint density at radius 1 is 1.47 bits per heavy atom. The van der Waals surface area contributed by atoms with Crippen molar-refractivity contribution in [2.24, 2.45) is 5.92 Å². The second kappa shape index (κ2) is 7.74. The molecule has 106 valence electrons. The lowest BCUT2D eigenvalue weighted by Gasteiger charge is -2.14. The lowest BCUT2D eigenvalue weighted by atomic mass is 10.0. The van der Waals surface area contributed by atoms with Gasteiger partial charge in [0.15, 0.2) is 0 Å². The van der Waals surface area contributed by atoms with Crippen molar-refractivity contribution in [3.8, 4) is 5.88 Å². The molecular weight excluding hydrogens is 244 g/mol. The Balaban J connectivity index is 2.44. The third-order valence-corrected chi connectivity index (χ3v) is 2.65. The highest BCUT2D eigenvalue weighted by atomic mass is 16.5. The van der Waals surface area contributed by atoms with E-state index in [1.54, 1.807) is 19.1 Å². The fourth-order valence-electron chi connectivity index (χ4n) is 1.78. The van der Waals surface area contributed by atoms with E-state index in [1.165, 1.54) is 6.20 Å². The third kappa shape index (κ3) is 5.70. The van der Waals surface area contributed by atoms with E-state index in [0.717, 1.165) is 0 Å². The smallest absolute Gasteiger partial charge is 0.252 e. The van der Waals surface area contributed by atoms with Gasteiger partial charge in [-0.2, -0.15) is 0 Å². The highest BCUT2D eigenvalue weighted by Crippen LogP contribution is 2.08. The molecule has 0 fully saturated rings. The maximum Gasteiger partial charge on any atom is 0.252 e. The van der Waals surface area contributed by atoms with Crippen LogP contribution in [0.25, 0.3) is 0 Å². The molecule has 5 nitrogen and oxygen atoms in total. The molecule has 19 heavy (non-hydrogen) atoms. The van der Waals surface area contributed by atoms with Gasteiger partial charge < -0.3 is 15.2 Å². The van der Waals surface area contributed by atoms with Gasteiger partial charge in [-0.3, -0.25) is 4.79 Å². The zero-order chi connectivity index (χ0) is 14.3. The van der Waals surface area contributed by atoms with Gasteiger partial charge in [0.05, 0.1) is 18.3 Å². The van der Waals surface area contributed by atoms with Crippen LogP contribution in [-0.4, -0.2) is 35.3 Å². The molecule has 0 aliphatic heterocycles. The van der Waals surface area contributed by atoms with Gasteiger partial charge in [0.25, 0.3) is 5.91 Å². The number of carbonyl (C=O) groups excluding carboxylic acids is 1. The molecule has 1 aromatic heterocycles. The van der Waals surface area contributed by atoms with E-state index in [9.17, 15) is 9.90 Å². The molecule has 1 amide bonds. The Hall–Kier alpha value is -1.62. The van der Waals surface area contributed by atoms with Gasteiger partial charge in [-0.15, -0.1) is 0 Å². The molecule has 0 spiro atoms. The van der Waals surface area contributed by atoms with Gasteiger partial charge in [0.2, 0.25) is 5.88 Å². The summed E-state index contributed by atoms with van der Waals surface area (Å²) in [6.07, 6.45) is 1.82. The van der Waals surface area contributed by atoms with E-state index in [0.29, 0.717) is 31.0 Å². The Morgan fingerprint density at radius 2 is 2.21 bits per heavy atom. The number of hydrogen-bond acceptors (Lipinski definition) is 4. The first-order chi connectivity index (χ1) is 9.02. The number of pyridine rings is 1. The molecule has 5 heteroatoms. The number of amides is 1. The lowest BCUT2D eigenvalue weighted by Crippen LogP contribution is -2.29. The van der Waals surface area contributed by atoms with Gasteiger partial charge >= 0.3 is 0 Å². The SMILES string of the molecule is CCOc1ccc(C(=O)NCC(C)CC(C)O)cn1. The fraction of sp³-hybridized carbons (Fsp3) is 0.571. The number of aliphatic hydroxyl groups excluding tert-OH is 1.